The Morgan fingerprint density at radius 3 is 2.48 bits per heavy atom. The Labute approximate surface area is 149 Å². The predicted octanol–water partition coefficient (Wildman–Crippen LogP) is 3.62. The van der Waals surface area contributed by atoms with Crippen LogP contribution in [0.15, 0.2) is 59.4 Å². The number of hydrogen-bond donors (Lipinski definition) is 1. The second-order valence-electron chi connectivity index (χ2n) is 5.29. The third kappa shape index (κ3) is 2.95. The molecule has 3 rings (SSSR count). The highest BCUT2D eigenvalue weighted by molar-refractivity contribution is 6.30. The van der Waals surface area contributed by atoms with Crippen LogP contribution in [-0.2, 0) is 0 Å². The molecule has 0 aliphatic rings. The van der Waals surface area contributed by atoms with E-state index < -0.39 is 5.56 Å². The number of nitrogens with two attached hydrogens (primary N) is 1. The lowest BCUT2D eigenvalue weighted by Crippen LogP contribution is -2.25. The number of nitrogen functional groups attached to an aromatic ring is 1. The van der Waals surface area contributed by atoms with Crippen molar-refractivity contribution in [3.05, 3.63) is 75.5 Å². The summed E-state index contributed by atoms with van der Waals surface area (Å²) >= 11 is 5.90. The Balaban J connectivity index is 2.30. The van der Waals surface area contributed by atoms with Gasteiger partial charge in [-0.2, -0.15) is 5.26 Å². The molecule has 2 N–H and O–H groups in total. The van der Waals surface area contributed by atoms with E-state index in [-0.39, 0.29) is 11.4 Å². The highest BCUT2D eigenvalue weighted by atomic mass is 35.5. The maximum absolute atomic E-state index is 12.9. The average molecular weight is 352 g/mol. The molecule has 1 heterocycles. The number of aromatic nitrogens is 1. The Bertz CT molecular complexity index is 1030. The van der Waals surface area contributed by atoms with Crippen molar-refractivity contribution >= 4 is 17.4 Å². The quantitative estimate of drug-likeness (QED) is 0.781. The van der Waals surface area contributed by atoms with Gasteiger partial charge in [0, 0.05) is 10.6 Å². The summed E-state index contributed by atoms with van der Waals surface area (Å²) in [6.07, 6.45) is 0. The maximum atomic E-state index is 12.9. The molecular weight excluding hydrogens is 338 g/mol. The van der Waals surface area contributed by atoms with Gasteiger partial charge in [-0.05, 0) is 35.9 Å². The molecule has 6 heteroatoms. The van der Waals surface area contributed by atoms with Crippen LogP contribution in [0, 0.1) is 11.3 Å². The number of para-hydroxylation sites is 2. The molecule has 0 fully saturated rings. The SMILES string of the molecule is COc1ccccc1-n1c(N)cc(-c2ccc(Cl)cc2)c(C#N)c1=O. The summed E-state index contributed by atoms with van der Waals surface area (Å²) < 4.78 is 6.57. The average Bonchev–Trinajstić information content (AvgIpc) is 2.62. The Morgan fingerprint density at radius 2 is 1.84 bits per heavy atom. The van der Waals surface area contributed by atoms with E-state index in [0.29, 0.717) is 27.6 Å². The molecule has 0 aliphatic heterocycles. The Hall–Kier alpha value is -3.23. The molecule has 5 nitrogen and oxygen atoms in total. The number of anilines is 1. The van der Waals surface area contributed by atoms with Crippen LogP contribution < -0.4 is 16.0 Å². The molecule has 0 radical (unpaired) electrons. The van der Waals surface area contributed by atoms with Crippen molar-refractivity contribution in [3.8, 4) is 28.6 Å². The number of rotatable bonds is 3. The zero-order chi connectivity index (χ0) is 18.0. The molecule has 0 atom stereocenters. The molecule has 2 aromatic carbocycles. The first-order valence-electron chi connectivity index (χ1n) is 7.41. The van der Waals surface area contributed by atoms with E-state index in [0.717, 1.165) is 0 Å². The largest absolute Gasteiger partial charge is 0.495 e. The monoisotopic (exact) mass is 351 g/mol. The van der Waals surface area contributed by atoms with Gasteiger partial charge in [0.05, 0.1) is 12.8 Å². The number of ether oxygens (including phenoxy) is 1. The first-order chi connectivity index (χ1) is 12.1. The van der Waals surface area contributed by atoms with Gasteiger partial charge < -0.3 is 10.5 Å². The zero-order valence-electron chi connectivity index (χ0n) is 13.4. The normalized spacial score (nSPS) is 10.3. The molecule has 1 aromatic heterocycles. The van der Waals surface area contributed by atoms with E-state index in [4.69, 9.17) is 22.1 Å². The lowest BCUT2D eigenvalue weighted by Gasteiger charge is -2.15. The smallest absolute Gasteiger partial charge is 0.275 e. The highest BCUT2D eigenvalue weighted by Crippen LogP contribution is 2.28. The molecule has 0 saturated heterocycles. The summed E-state index contributed by atoms with van der Waals surface area (Å²) in [7, 11) is 1.51. The highest BCUT2D eigenvalue weighted by Gasteiger charge is 2.17. The topological polar surface area (TPSA) is 81.0 Å². The molecule has 0 amide bonds. The van der Waals surface area contributed by atoms with Crippen LogP contribution in [0.3, 0.4) is 0 Å². The number of methoxy groups -OCH3 is 1. The number of benzene rings is 2. The number of halogens is 1. The zero-order valence-corrected chi connectivity index (χ0v) is 14.1. The summed E-state index contributed by atoms with van der Waals surface area (Å²) in [6.45, 7) is 0. The molecule has 3 aromatic rings. The minimum Gasteiger partial charge on any atom is -0.495 e. The number of nitriles is 1. The van der Waals surface area contributed by atoms with Crippen molar-refractivity contribution in [2.24, 2.45) is 0 Å². The number of nitrogens with zero attached hydrogens (tertiary/aromatic N) is 2. The van der Waals surface area contributed by atoms with E-state index in [1.54, 1.807) is 54.6 Å². The van der Waals surface area contributed by atoms with Crippen molar-refractivity contribution in [2.75, 3.05) is 12.8 Å². The Morgan fingerprint density at radius 1 is 1.16 bits per heavy atom. The minimum atomic E-state index is -0.503. The maximum Gasteiger partial charge on any atom is 0.275 e. The third-order valence-corrected chi connectivity index (χ3v) is 4.08. The van der Waals surface area contributed by atoms with E-state index in [1.807, 2.05) is 6.07 Å². The second-order valence-corrected chi connectivity index (χ2v) is 5.73. The van der Waals surface area contributed by atoms with Crippen LogP contribution in [0.2, 0.25) is 5.02 Å². The van der Waals surface area contributed by atoms with Crippen molar-refractivity contribution < 1.29 is 4.74 Å². The third-order valence-electron chi connectivity index (χ3n) is 3.83. The van der Waals surface area contributed by atoms with Crippen LogP contribution in [0.1, 0.15) is 5.56 Å². The fourth-order valence-electron chi connectivity index (χ4n) is 2.66. The first-order valence-corrected chi connectivity index (χ1v) is 7.79. The summed E-state index contributed by atoms with van der Waals surface area (Å²) in [5, 5.41) is 10.1. The van der Waals surface area contributed by atoms with Crippen LogP contribution >= 0.6 is 11.6 Å². The van der Waals surface area contributed by atoms with Crippen molar-refractivity contribution in [1.29, 1.82) is 5.26 Å². The molecule has 0 saturated carbocycles. The van der Waals surface area contributed by atoms with E-state index in [2.05, 4.69) is 0 Å². The van der Waals surface area contributed by atoms with Crippen molar-refractivity contribution in [1.82, 2.24) is 4.57 Å². The van der Waals surface area contributed by atoms with Crippen LogP contribution in [0.5, 0.6) is 5.75 Å². The van der Waals surface area contributed by atoms with Gasteiger partial charge in [0.25, 0.3) is 5.56 Å². The van der Waals surface area contributed by atoms with Crippen LogP contribution in [0.4, 0.5) is 5.82 Å². The fraction of sp³-hybridized carbons (Fsp3) is 0.0526. The van der Waals surface area contributed by atoms with Crippen LogP contribution in [0.25, 0.3) is 16.8 Å². The summed E-state index contributed by atoms with van der Waals surface area (Å²) in [5.41, 5.74) is 7.28. The molecule has 0 spiro atoms. The lowest BCUT2D eigenvalue weighted by molar-refractivity contribution is 0.412. The Kier molecular flexibility index (Phi) is 4.46. The van der Waals surface area contributed by atoms with Gasteiger partial charge >= 0.3 is 0 Å². The number of pyridine rings is 1. The standard InChI is InChI=1S/C19H14ClN3O2/c1-25-17-5-3-2-4-16(17)23-18(22)10-14(15(11-21)19(23)24)12-6-8-13(20)9-7-12/h2-10H,22H2,1H3. The first kappa shape index (κ1) is 16.6. The van der Waals surface area contributed by atoms with Crippen molar-refractivity contribution in [3.63, 3.8) is 0 Å². The van der Waals surface area contributed by atoms with Gasteiger partial charge in [-0.1, -0.05) is 35.9 Å². The van der Waals surface area contributed by atoms with E-state index in [1.165, 1.54) is 11.7 Å². The van der Waals surface area contributed by atoms with E-state index >= 15 is 0 Å². The summed E-state index contributed by atoms with van der Waals surface area (Å²) in [5.74, 6) is 0.692. The van der Waals surface area contributed by atoms with Crippen LogP contribution in [-0.4, -0.2) is 11.7 Å². The van der Waals surface area contributed by atoms with Gasteiger partial charge in [0.2, 0.25) is 0 Å². The summed E-state index contributed by atoms with van der Waals surface area (Å²) in [4.78, 5) is 12.9. The van der Waals surface area contributed by atoms with Gasteiger partial charge in [-0.15, -0.1) is 0 Å². The number of hydrogen-bond acceptors (Lipinski definition) is 4. The fourth-order valence-corrected chi connectivity index (χ4v) is 2.78. The van der Waals surface area contributed by atoms with E-state index in [9.17, 15) is 10.1 Å². The molecule has 25 heavy (non-hydrogen) atoms. The lowest BCUT2D eigenvalue weighted by atomic mass is 10.0. The molecule has 124 valence electrons. The van der Waals surface area contributed by atoms with Gasteiger partial charge in [0.15, 0.2) is 0 Å². The molecule has 0 aliphatic carbocycles. The van der Waals surface area contributed by atoms with Gasteiger partial charge in [-0.3, -0.25) is 9.36 Å². The van der Waals surface area contributed by atoms with Crippen molar-refractivity contribution in [2.45, 2.75) is 0 Å². The second kappa shape index (κ2) is 6.71. The van der Waals surface area contributed by atoms with Gasteiger partial charge in [0.1, 0.15) is 23.2 Å². The van der Waals surface area contributed by atoms with Gasteiger partial charge in [-0.25, -0.2) is 0 Å². The molecule has 0 bridgehead atoms. The molecular formula is C19H14ClN3O2. The minimum absolute atomic E-state index is 0.00225. The summed E-state index contributed by atoms with van der Waals surface area (Å²) in [6, 6.07) is 17.5. The predicted molar refractivity (Wildman–Crippen MR) is 98.2 cm³/mol. The molecule has 0 unspecified atom stereocenters.